The van der Waals surface area contributed by atoms with Gasteiger partial charge in [-0.3, -0.25) is 4.79 Å². The Bertz CT molecular complexity index is 441. The first-order chi connectivity index (χ1) is 8.25. The van der Waals surface area contributed by atoms with E-state index in [9.17, 15) is 9.90 Å². The summed E-state index contributed by atoms with van der Waals surface area (Å²) >= 11 is 0. The zero-order valence-corrected chi connectivity index (χ0v) is 9.63. The fourth-order valence-corrected chi connectivity index (χ4v) is 2.97. The highest BCUT2D eigenvalue weighted by atomic mass is 16.5. The van der Waals surface area contributed by atoms with Crippen LogP contribution in [-0.4, -0.2) is 17.7 Å². The predicted molar refractivity (Wildman–Crippen MR) is 62.3 cm³/mol. The number of aliphatic hydroxyl groups is 1. The predicted octanol–water partition coefficient (Wildman–Crippen LogP) is 1.85. The number of carbonyl (C=O) groups is 1. The molecule has 3 nitrogen and oxygen atoms in total. The maximum atomic E-state index is 11.6. The maximum Gasteiger partial charge on any atom is 0.309 e. The number of benzene rings is 1. The van der Waals surface area contributed by atoms with Crippen molar-refractivity contribution < 1.29 is 14.6 Å². The molecule has 1 aromatic carbocycles. The van der Waals surface area contributed by atoms with Gasteiger partial charge >= 0.3 is 5.97 Å². The van der Waals surface area contributed by atoms with Crippen LogP contribution in [0.4, 0.5) is 0 Å². The molecule has 1 heterocycles. The number of fused-ring (bicyclic) bond motifs is 2. The topological polar surface area (TPSA) is 46.5 Å². The SMILES string of the molecule is O=C1OC[C@@H]2CCc3ccccc3[C@@H](O)C[C@@H]12. The summed E-state index contributed by atoms with van der Waals surface area (Å²) in [4.78, 5) is 11.6. The molecule has 3 rings (SSSR count). The van der Waals surface area contributed by atoms with E-state index in [-0.39, 0.29) is 17.8 Å². The standard InChI is InChI=1S/C14H16O3/c15-13-7-12-10(8-17-14(12)16)6-5-9-3-1-2-4-11(9)13/h1-4,10,12-13,15H,5-8H2/t10-,12+,13-/m0/s1. The lowest BCUT2D eigenvalue weighted by Gasteiger charge is -2.24. The summed E-state index contributed by atoms with van der Waals surface area (Å²) in [6.45, 7) is 0.526. The van der Waals surface area contributed by atoms with Gasteiger partial charge < -0.3 is 9.84 Å². The molecule has 17 heavy (non-hydrogen) atoms. The molecule has 0 unspecified atom stereocenters. The van der Waals surface area contributed by atoms with Gasteiger partial charge in [-0.1, -0.05) is 24.3 Å². The van der Waals surface area contributed by atoms with Crippen molar-refractivity contribution in [3.8, 4) is 0 Å². The number of rotatable bonds is 0. The molecule has 90 valence electrons. The molecule has 0 bridgehead atoms. The Morgan fingerprint density at radius 2 is 2.12 bits per heavy atom. The number of aryl methyl sites for hydroxylation is 1. The second kappa shape index (κ2) is 4.15. The van der Waals surface area contributed by atoms with Crippen LogP contribution in [0.3, 0.4) is 0 Å². The first kappa shape index (κ1) is 10.8. The number of cyclic esters (lactones) is 1. The number of aliphatic hydroxyl groups excluding tert-OH is 1. The highest BCUT2D eigenvalue weighted by Gasteiger charge is 2.39. The first-order valence-electron chi connectivity index (χ1n) is 6.18. The number of hydrogen-bond donors (Lipinski definition) is 1. The van der Waals surface area contributed by atoms with Gasteiger partial charge in [0, 0.05) is 5.92 Å². The number of carbonyl (C=O) groups excluding carboxylic acids is 1. The fraction of sp³-hybridized carbons (Fsp3) is 0.500. The molecular weight excluding hydrogens is 216 g/mol. The summed E-state index contributed by atoms with van der Waals surface area (Å²) in [6, 6.07) is 7.96. The van der Waals surface area contributed by atoms with Gasteiger partial charge in [-0.15, -0.1) is 0 Å². The van der Waals surface area contributed by atoms with E-state index in [4.69, 9.17) is 4.74 Å². The molecule has 1 aliphatic carbocycles. The smallest absolute Gasteiger partial charge is 0.309 e. The van der Waals surface area contributed by atoms with Crippen molar-refractivity contribution in [2.45, 2.75) is 25.4 Å². The van der Waals surface area contributed by atoms with Crippen LogP contribution in [0, 0.1) is 11.8 Å². The van der Waals surface area contributed by atoms with Crippen molar-refractivity contribution in [1.29, 1.82) is 0 Å². The molecule has 0 radical (unpaired) electrons. The summed E-state index contributed by atoms with van der Waals surface area (Å²) in [6.07, 6.45) is 1.86. The Hall–Kier alpha value is -1.35. The number of ether oxygens (including phenoxy) is 1. The molecule has 1 saturated heterocycles. The van der Waals surface area contributed by atoms with Crippen molar-refractivity contribution in [3.63, 3.8) is 0 Å². The third-order valence-electron chi connectivity index (χ3n) is 3.99. The molecule has 1 fully saturated rings. The summed E-state index contributed by atoms with van der Waals surface area (Å²) < 4.78 is 5.11. The van der Waals surface area contributed by atoms with Crippen molar-refractivity contribution in [2.24, 2.45) is 11.8 Å². The summed E-state index contributed by atoms with van der Waals surface area (Å²) in [5.74, 6) is 0.0392. The highest BCUT2D eigenvalue weighted by molar-refractivity contribution is 5.74. The maximum absolute atomic E-state index is 11.6. The van der Waals surface area contributed by atoms with Crippen LogP contribution in [0.1, 0.15) is 30.1 Å². The summed E-state index contributed by atoms with van der Waals surface area (Å²) in [5.41, 5.74) is 2.18. The number of esters is 1. The van der Waals surface area contributed by atoms with Crippen molar-refractivity contribution in [2.75, 3.05) is 6.61 Å². The van der Waals surface area contributed by atoms with Gasteiger partial charge in [0.05, 0.1) is 18.6 Å². The third-order valence-corrected chi connectivity index (χ3v) is 3.99. The largest absolute Gasteiger partial charge is 0.465 e. The molecule has 3 atom stereocenters. The van der Waals surface area contributed by atoms with Crippen LogP contribution in [0.25, 0.3) is 0 Å². The lowest BCUT2D eigenvalue weighted by atomic mass is 9.80. The van der Waals surface area contributed by atoms with Crippen molar-refractivity contribution in [1.82, 2.24) is 0 Å². The third kappa shape index (κ3) is 1.84. The van der Waals surface area contributed by atoms with Gasteiger partial charge in [-0.2, -0.15) is 0 Å². The quantitative estimate of drug-likeness (QED) is 0.694. The van der Waals surface area contributed by atoms with Crippen LogP contribution in [0.5, 0.6) is 0 Å². The molecule has 0 saturated carbocycles. The van der Waals surface area contributed by atoms with Crippen molar-refractivity contribution >= 4 is 5.97 Å². The molecular formula is C14H16O3. The van der Waals surface area contributed by atoms with E-state index in [1.807, 2.05) is 18.2 Å². The van der Waals surface area contributed by atoms with Gasteiger partial charge in [-0.25, -0.2) is 0 Å². The minimum atomic E-state index is -0.537. The lowest BCUT2D eigenvalue weighted by molar-refractivity contribution is -0.142. The van der Waals surface area contributed by atoms with E-state index >= 15 is 0 Å². The Morgan fingerprint density at radius 3 is 3.00 bits per heavy atom. The van der Waals surface area contributed by atoms with Crippen LogP contribution in [0.2, 0.25) is 0 Å². The molecule has 1 aliphatic heterocycles. The lowest BCUT2D eigenvalue weighted by Crippen LogP contribution is -2.22. The average molecular weight is 232 g/mol. The summed E-state index contributed by atoms with van der Waals surface area (Å²) in [7, 11) is 0. The van der Waals surface area contributed by atoms with Crippen LogP contribution in [-0.2, 0) is 16.0 Å². The van der Waals surface area contributed by atoms with Crippen LogP contribution < -0.4 is 0 Å². The van der Waals surface area contributed by atoms with E-state index in [0.29, 0.717) is 13.0 Å². The summed E-state index contributed by atoms with van der Waals surface area (Å²) in [5, 5.41) is 10.2. The molecule has 3 heteroatoms. The zero-order valence-electron chi connectivity index (χ0n) is 9.63. The van der Waals surface area contributed by atoms with Gasteiger partial charge in [0.1, 0.15) is 0 Å². The Balaban J connectivity index is 1.93. The van der Waals surface area contributed by atoms with Gasteiger partial charge in [0.15, 0.2) is 0 Å². The monoisotopic (exact) mass is 232 g/mol. The van der Waals surface area contributed by atoms with E-state index in [1.54, 1.807) is 0 Å². The van der Waals surface area contributed by atoms with E-state index in [1.165, 1.54) is 5.56 Å². The molecule has 2 aliphatic rings. The normalized spacial score (nSPS) is 32.1. The van der Waals surface area contributed by atoms with Crippen LogP contribution >= 0.6 is 0 Å². The second-order valence-corrected chi connectivity index (χ2v) is 4.99. The fourth-order valence-electron chi connectivity index (χ4n) is 2.97. The minimum absolute atomic E-state index is 0.113. The average Bonchev–Trinajstić information content (AvgIpc) is 2.66. The molecule has 1 aromatic rings. The second-order valence-electron chi connectivity index (χ2n) is 4.99. The number of hydrogen-bond acceptors (Lipinski definition) is 3. The van der Waals surface area contributed by atoms with E-state index < -0.39 is 6.10 Å². The van der Waals surface area contributed by atoms with E-state index in [2.05, 4.69) is 6.07 Å². The molecule has 0 aromatic heterocycles. The first-order valence-corrected chi connectivity index (χ1v) is 6.18. The molecule has 0 spiro atoms. The highest BCUT2D eigenvalue weighted by Crippen LogP contribution is 2.37. The van der Waals surface area contributed by atoms with Gasteiger partial charge in [0.2, 0.25) is 0 Å². The van der Waals surface area contributed by atoms with E-state index in [0.717, 1.165) is 18.4 Å². The molecule has 0 amide bonds. The Labute approximate surface area is 100 Å². The van der Waals surface area contributed by atoms with Gasteiger partial charge in [0.25, 0.3) is 0 Å². The van der Waals surface area contributed by atoms with Gasteiger partial charge in [-0.05, 0) is 30.4 Å². The Morgan fingerprint density at radius 1 is 1.29 bits per heavy atom. The zero-order chi connectivity index (χ0) is 11.8. The minimum Gasteiger partial charge on any atom is -0.465 e. The Kier molecular flexibility index (Phi) is 2.63. The molecule has 1 N–H and O–H groups in total. The van der Waals surface area contributed by atoms with Crippen molar-refractivity contribution in [3.05, 3.63) is 35.4 Å². The van der Waals surface area contributed by atoms with Crippen LogP contribution in [0.15, 0.2) is 24.3 Å².